The number of nitrogens with zero attached hydrogens (tertiary/aromatic N) is 1. The molecule has 15 heavy (non-hydrogen) atoms. The molecule has 1 aromatic rings. The molecule has 3 nitrogen and oxygen atoms in total. The Morgan fingerprint density at radius 1 is 1.47 bits per heavy atom. The van der Waals surface area contributed by atoms with Crippen molar-refractivity contribution in [2.24, 2.45) is 5.73 Å². The maximum atomic E-state index is 6.02. The van der Waals surface area contributed by atoms with Gasteiger partial charge in [0.25, 0.3) is 0 Å². The summed E-state index contributed by atoms with van der Waals surface area (Å²) in [5.41, 5.74) is 8.21. The third-order valence-corrected chi connectivity index (χ3v) is 2.30. The number of aryl methyl sites for hydroxylation is 1. The van der Waals surface area contributed by atoms with Crippen LogP contribution in [0.1, 0.15) is 37.6 Å². The maximum Gasteiger partial charge on any atom is 0.0710 e. The van der Waals surface area contributed by atoms with Crippen LogP contribution in [0.15, 0.2) is 18.3 Å². The van der Waals surface area contributed by atoms with Gasteiger partial charge in [-0.15, -0.1) is 0 Å². The van der Waals surface area contributed by atoms with Gasteiger partial charge in [-0.1, -0.05) is 19.9 Å². The fourth-order valence-electron chi connectivity index (χ4n) is 1.52. The summed E-state index contributed by atoms with van der Waals surface area (Å²) in [6.07, 6.45) is 3.77. The topological polar surface area (TPSA) is 48.1 Å². The number of pyridine rings is 1. The van der Waals surface area contributed by atoms with Gasteiger partial charge in [-0.2, -0.15) is 0 Å². The summed E-state index contributed by atoms with van der Waals surface area (Å²) < 4.78 is 5.43. The average Bonchev–Trinajstić information content (AvgIpc) is 2.29. The first-order chi connectivity index (χ1) is 7.29. The Balaban J connectivity index is 2.59. The van der Waals surface area contributed by atoms with E-state index >= 15 is 0 Å². The van der Waals surface area contributed by atoms with Gasteiger partial charge in [-0.05, 0) is 24.5 Å². The Kier molecular flexibility index (Phi) is 5.29. The highest BCUT2D eigenvalue weighted by molar-refractivity contribution is 5.22. The van der Waals surface area contributed by atoms with Gasteiger partial charge in [-0.25, -0.2) is 0 Å². The molecule has 1 unspecified atom stereocenters. The van der Waals surface area contributed by atoms with Crippen LogP contribution < -0.4 is 5.73 Å². The average molecular weight is 208 g/mol. The molecule has 0 aliphatic carbocycles. The molecule has 0 radical (unpaired) electrons. The van der Waals surface area contributed by atoms with Crippen LogP contribution in [-0.4, -0.2) is 18.2 Å². The van der Waals surface area contributed by atoms with E-state index in [0.717, 1.165) is 25.1 Å². The van der Waals surface area contributed by atoms with E-state index in [1.165, 1.54) is 5.56 Å². The second kappa shape index (κ2) is 6.53. The van der Waals surface area contributed by atoms with Crippen molar-refractivity contribution in [2.45, 2.75) is 32.7 Å². The summed E-state index contributed by atoms with van der Waals surface area (Å²) in [7, 11) is 0. The highest BCUT2D eigenvalue weighted by Gasteiger charge is 2.10. The number of hydrogen-bond donors (Lipinski definition) is 1. The zero-order valence-corrected chi connectivity index (χ0v) is 9.57. The predicted molar refractivity (Wildman–Crippen MR) is 61.7 cm³/mol. The van der Waals surface area contributed by atoms with Crippen molar-refractivity contribution in [2.75, 3.05) is 13.2 Å². The van der Waals surface area contributed by atoms with Gasteiger partial charge < -0.3 is 10.5 Å². The van der Waals surface area contributed by atoms with Gasteiger partial charge in [-0.3, -0.25) is 4.98 Å². The van der Waals surface area contributed by atoms with Crippen molar-refractivity contribution in [3.8, 4) is 0 Å². The first-order valence-electron chi connectivity index (χ1n) is 5.56. The van der Waals surface area contributed by atoms with Gasteiger partial charge in [0.2, 0.25) is 0 Å². The van der Waals surface area contributed by atoms with E-state index in [-0.39, 0.29) is 6.04 Å². The quantitative estimate of drug-likeness (QED) is 0.728. The number of aromatic nitrogens is 1. The van der Waals surface area contributed by atoms with Crippen molar-refractivity contribution in [1.82, 2.24) is 4.98 Å². The van der Waals surface area contributed by atoms with Crippen LogP contribution in [0.4, 0.5) is 0 Å². The van der Waals surface area contributed by atoms with E-state index in [2.05, 4.69) is 24.9 Å². The molecule has 0 aliphatic rings. The predicted octanol–water partition coefficient (Wildman–Crippen LogP) is 2.07. The summed E-state index contributed by atoms with van der Waals surface area (Å²) >= 11 is 0. The monoisotopic (exact) mass is 208 g/mol. The molecule has 0 saturated carbocycles. The Bertz CT molecular complexity index is 289. The third kappa shape index (κ3) is 3.61. The molecule has 2 N–H and O–H groups in total. The largest absolute Gasteiger partial charge is 0.379 e. The standard InChI is InChI=1S/C12H20N2O/c1-3-8-15-9-11(13)12-10(4-2)6-5-7-14-12/h5-7,11H,3-4,8-9,13H2,1-2H3. The molecule has 1 rings (SSSR count). The minimum Gasteiger partial charge on any atom is -0.379 e. The Morgan fingerprint density at radius 3 is 2.93 bits per heavy atom. The van der Waals surface area contributed by atoms with E-state index in [1.807, 2.05) is 6.07 Å². The van der Waals surface area contributed by atoms with Gasteiger partial charge in [0.1, 0.15) is 0 Å². The second-order valence-electron chi connectivity index (χ2n) is 3.58. The minimum absolute atomic E-state index is 0.104. The first-order valence-corrected chi connectivity index (χ1v) is 5.56. The smallest absolute Gasteiger partial charge is 0.0710 e. The third-order valence-electron chi connectivity index (χ3n) is 2.30. The molecule has 1 heterocycles. The Morgan fingerprint density at radius 2 is 2.27 bits per heavy atom. The maximum absolute atomic E-state index is 6.02. The molecule has 1 aromatic heterocycles. The summed E-state index contributed by atoms with van der Waals surface area (Å²) in [6, 6.07) is 3.91. The van der Waals surface area contributed by atoms with Crippen LogP contribution in [0, 0.1) is 0 Å². The summed E-state index contributed by atoms with van der Waals surface area (Å²) in [6.45, 7) is 5.52. The summed E-state index contributed by atoms with van der Waals surface area (Å²) in [5, 5.41) is 0. The lowest BCUT2D eigenvalue weighted by atomic mass is 10.1. The van der Waals surface area contributed by atoms with Crippen LogP contribution in [0.5, 0.6) is 0 Å². The normalized spacial score (nSPS) is 12.7. The van der Waals surface area contributed by atoms with Gasteiger partial charge in [0.15, 0.2) is 0 Å². The number of ether oxygens (including phenoxy) is 1. The molecule has 84 valence electrons. The lowest BCUT2D eigenvalue weighted by molar-refractivity contribution is 0.120. The first kappa shape index (κ1) is 12.1. The second-order valence-corrected chi connectivity index (χ2v) is 3.58. The molecule has 0 saturated heterocycles. The van der Waals surface area contributed by atoms with E-state index < -0.39 is 0 Å². The van der Waals surface area contributed by atoms with Crippen molar-refractivity contribution in [1.29, 1.82) is 0 Å². The molecule has 0 spiro atoms. The van der Waals surface area contributed by atoms with Crippen LogP contribution in [0.3, 0.4) is 0 Å². The van der Waals surface area contributed by atoms with E-state index in [1.54, 1.807) is 6.20 Å². The zero-order valence-electron chi connectivity index (χ0n) is 9.57. The summed E-state index contributed by atoms with van der Waals surface area (Å²) in [4.78, 5) is 4.32. The molecule has 0 aromatic carbocycles. The van der Waals surface area contributed by atoms with Crippen LogP contribution in [0.25, 0.3) is 0 Å². The van der Waals surface area contributed by atoms with Crippen LogP contribution in [-0.2, 0) is 11.2 Å². The van der Waals surface area contributed by atoms with Crippen molar-refractivity contribution in [3.63, 3.8) is 0 Å². The molecule has 0 bridgehead atoms. The Hall–Kier alpha value is -0.930. The molecule has 3 heteroatoms. The van der Waals surface area contributed by atoms with Gasteiger partial charge in [0.05, 0.1) is 18.3 Å². The van der Waals surface area contributed by atoms with Crippen LogP contribution >= 0.6 is 0 Å². The molecular formula is C12H20N2O. The van der Waals surface area contributed by atoms with Crippen molar-refractivity contribution >= 4 is 0 Å². The highest BCUT2D eigenvalue weighted by atomic mass is 16.5. The number of rotatable bonds is 6. The lowest BCUT2D eigenvalue weighted by Crippen LogP contribution is -2.20. The van der Waals surface area contributed by atoms with Gasteiger partial charge >= 0.3 is 0 Å². The zero-order chi connectivity index (χ0) is 11.1. The van der Waals surface area contributed by atoms with E-state index in [4.69, 9.17) is 10.5 Å². The van der Waals surface area contributed by atoms with Crippen molar-refractivity contribution in [3.05, 3.63) is 29.6 Å². The molecule has 0 amide bonds. The SMILES string of the molecule is CCCOCC(N)c1ncccc1CC. The van der Waals surface area contributed by atoms with Crippen LogP contribution in [0.2, 0.25) is 0 Å². The summed E-state index contributed by atoms with van der Waals surface area (Å²) in [5.74, 6) is 0. The Labute approximate surface area is 91.7 Å². The minimum atomic E-state index is -0.104. The van der Waals surface area contributed by atoms with Crippen molar-refractivity contribution < 1.29 is 4.74 Å². The molecule has 0 fully saturated rings. The van der Waals surface area contributed by atoms with Gasteiger partial charge in [0, 0.05) is 12.8 Å². The van der Waals surface area contributed by atoms with E-state index in [9.17, 15) is 0 Å². The fraction of sp³-hybridized carbons (Fsp3) is 0.583. The molecule has 0 aliphatic heterocycles. The fourth-order valence-corrected chi connectivity index (χ4v) is 1.52. The highest BCUT2D eigenvalue weighted by Crippen LogP contribution is 2.13. The number of nitrogens with two attached hydrogens (primary N) is 1. The number of hydrogen-bond acceptors (Lipinski definition) is 3. The molecule has 1 atom stereocenters. The molecular weight excluding hydrogens is 188 g/mol. The lowest BCUT2D eigenvalue weighted by Gasteiger charge is -2.14. The van der Waals surface area contributed by atoms with E-state index in [0.29, 0.717) is 6.61 Å².